The summed E-state index contributed by atoms with van der Waals surface area (Å²) < 4.78 is 24.2. The van der Waals surface area contributed by atoms with Gasteiger partial charge in [0.15, 0.2) is 18.1 Å². The molecule has 2 N–H and O–H groups in total. The van der Waals surface area contributed by atoms with E-state index in [0.717, 1.165) is 25.7 Å². The van der Waals surface area contributed by atoms with E-state index in [1.807, 2.05) is 6.07 Å². The molecule has 2 amide bonds. The number of nitrogens with one attached hydrogen (secondary N) is 2. The predicted octanol–water partition coefficient (Wildman–Crippen LogP) is 4.86. The standard InChI is InChI=1S/C25H25ClFN3O4/c1-2-33-22-13-16(11-17(14-28)25(32)30-19-5-3-4-6-19)12-21(26)24(22)34-15-23(31)29-20-9-7-18(27)8-10-20/h7-13,19H,2-6,15H2,1H3,(H,29,31)(H,30,32)/b17-11-. The minimum absolute atomic E-state index is 0.0437. The zero-order valence-corrected chi connectivity index (χ0v) is 19.5. The van der Waals surface area contributed by atoms with Gasteiger partial charge in [0, 0.05) is 11.7 Å². The molecule has 0 aromatic heterocycles. The first-order valence-corrected chi connectivity index (χ1v) is 11.3. The maximum absolute atomic E-state index is 13.0. The number of carbonyl (C=O) groups is 2. The van der Waals surface area contributed by atoms with Crippen molar-refractivity contribution < 1.29 is 23.5 Å². The van der Waals surface area contributed by atoms with Crippen molar-refractivity contribution in [2.45, 2.75) is 38.6 Å². The molecule has 1 fully saturated rings. The van der Waals surface area contributed by atoms with E-state index in [4.69, 9.17) is 21.1 Å². The van der Waals surface area contributed by atoms with Gasteiger partial charge in [0.25, 0.3) is 11.8 Å². The minimum atomic E-state index is -0.468. The molecular weight excluding hydrogens is 461 g/mol. The molecule has 3 rings (SSSR count). The van der Waals surface area contributed by atoms with Crippen molar-refractivity contribution in [3.8, 4) is 17.6 Å². The summed E-state index contributed by atoms with van der Waals surface area (Å²) in [4.78, 5) is 24.7. The fourth-order valence-corrected chi connectivity index (χ4v) is 3.86. The van der Waals surface area contributed by atoms with E-state index in [-0.39, 0.29) is 34.7 Å². The molecule has 0 heterocycles. The Morgan fingerprint density at radius 2 is 1.91 bits per heavy atom. The average Bonchev–Trinajstić information content (AvgIpc) is 3.31. The summed E-state index contributed by atoms with van der Waals surface area (Å²) in [6.45, 7) is 1.71. The summed E-state index contributed by atoms with van der Waals surface area (Å²) in [5.41, 5.74) is 0.860. The van der Waals surface area contributed by atoms with Crippen LogP contribution >= 0.6 is 11.6 Å². The van der Waals surface area contributed by atoms with Gasteiger partial charge in [0.1, 0.15) is 17.5 Å². The molecule has 7 nitrogen and oxygen atoms in total. The first-order valence-electron chi connectivity index (χ1n) is 11.0. The minimum Gasteiger partial charge on any atom is -0.490 e. The number of hydrogen-bond donors (Lipinski definition) is 2. The van der Waals surface area contributed by atoms with Crippen LogP contribution in [-0.4, -0.2) is 31.1 Å². The van der Waals surface area contributed by atoms with Crippen LogP contribution in [-0.2, 0) is 9.59 Å². The maximum Gasteiger partial charge on any atom is 0.262 e. The highest BCUT2D eigenvalue weighted by atomic mass is 35.5. The number of anilines is 1. The molecule has 0 radical (unpaired) electrons. The third-order valence-electron chi connectivity index (χ3n) is 5.17. The van der Waals surface area contributed by atoms with E-state index in [9.17, 15) is 19.2 Å². The fraction of sp³-hybridized carbons (Fsp3) is 0.320. The van der Waals surface area contributed by atoms with Crippen LogP contribution in [0.2, 0.25) is 5.02 Å². The second-order valence-electron chi connectivity index (χ2n) is 7.73. The second kappa shape index (κ2) is 12.1. The average molecular weight is 486 g/mol. The first kappa shape index (κ1) is 25.1. The molecule has 0 bridgehead atoms. The van der Waals surface area contributed by atoms with Gasteiger partial charge in [-0.25, -0.2) is 4.39 Å². The van der Waals surface area contributed by atoms with Crippen molar-refractivity contribution in [1.82, 2.24) is 5.32 Å². The van der Waals surface area contributed by atoms with E-state index < -0.39 is 17.6 Å². The number of hydrogen-bond acceptors (Lipinski definition) is 5. The highest BCUT2D eigenvalue weighted by molar-refractivity contribution is 6.32. The largest absolute Gasteiger partial charge is 0.490 e. The summed E-state index contributed by atoms with van der Waals surface area (Å²) in [5.74, 6) is -0.883. The van der Waals surface area contributed by atoms with Crippen molar-refractivity contribution in [2.75, 3.05) is 18.5 Å². The normalized spacial score (nSPS) is 13.8. The fourth-order valence-electron chi connectivity index (χ4n) is 3.59. The van der Waals surface area contributed by atoms with Gasteiger partial charge in [-0.2, -0.15) is 5.26 Å². The summed E-state index contributed by atoms with van der Waals surface area (Å²) in [6.07, 6.45) is 5.38. The third kappa shape index (κ3) is 6.96. The molecule has 2 aromatic carbocycles. The molecule has 1 aliphatic rings. The summed E-state index contributed by atoms with van der Waals surface area (Å²) in [7, 11) is 0. The Labute approximate surface area is 202 Å². The van der Waals surface area contributed by atoms with Crippen LogP contribution in [0.4, 0.5) is 10.1 Å². The van der Waals surface area contributed by atoms with E-state index in [0.29, 0.717) is 17.9 Å². The molecule has 34 heavy (non-hydrogen) atoms. The Hall–Kier alpha value is -3.57. The topological polar surface area (TPSA) is 100 Å². The number of ether oxygens (including phenoxy) is 2. The first-order chi connectivity index (χ1) is 16.4. The van der Waals surface area contributed by atoms with Crippen molar-refractivity contribution in [3.05, 3.63) is 58.4 Å². The monoisotopic (exact) mass is 485 g/mol. The molecule has 0 aliphatic heterocycles. The van der Waals surface area contributed by atoms with Gasteiger partial charge >= 0.3 is 0 Å². The van der Waals surface area contributed by atoms with Gasteiger partial charge < -0.3 is 20.1 Å². The van der Waals surface area contributed by atoms with Crippen LogP contribution in [0.15, 0.2) is 42.0 Å². The predicted molar refractivity (Wildman–Crippen MR) is 127 cm³/mol. The molecular formula is C25H25ClFN3O4. The molecule has 0 saturated heterocycles. The Kier molecular flexibility index (Phi) is 8.88. The Bertz CT molecular complexity index is 1110. The van der Waals surface area contributed by atoms with Crippen LogP contribution in [0, 0.1) is 17.1 Å². The highest BCUT2D eigenvalue weighted by Gasteiger charge is 2.20. The number of carbonyl (C=O) groups excluding carboxylic acids is 2. The van der Waals surface area contributed by atoms with Gasteiger partial charge in [0.2, 0.25) is 0 Å². The zero-order chi connectivity index (χ0) is 24.5. The summed E-state index contributed by atoms with van der Waals surface area (Å²) >= 11 is 6.38. The van der Waals surface area contributed by atoms with E-state index in [1.54, 1.807) is 13.0 Å². The summed E-state index contributed by atoms with van der Waals surface area (Å²) in [6, 6.07) is 10.5. The molecule has 1 saturated carbocycles. The molecule has 2 aromatic rings. The Morgan fingerprint density at radius 1 is 1.21 bits per heavy atom. The van der Waals surface area contributed by atoms with Crippen LogP contribution < -0.4 is 20.1 Å². The highest BCUT2D eigenvalue weighted by Crippen LogP contribution is 2.37. The number of rotatable bonds is 9. The van der Waals surface area contributed by atoms with Gasteiger partial charge in [-0.3, -0.25) is 9.59 Å². The second-order valence-corrected chi connectivity index (χ2v) is 8.14. The van der Waals surface area contributed by atoms with Crippen LogP contribution in [0.25, 0.3) is 6.08 Å². The van der Waals surface area contributed by atoms with Gasteiger partial charge in [-0.1, -0.05) is 24.4 Å². The van der Waals surface area contributed by atoms with Gasteiger partial charge in [-0.05, 0) is 67.8 Å². The van der Waals surface area contributed by atoms with Crippen molar-refractivity contribution in [3.63, 3.8) is 0 Å². The van der Waals surface area contributed by atoms with Crippen molar-refractivity contribution in [2.24, 2.45) is 0 Å². The lowest BCUT2D eigenvalue weighted by molar-refractivity contribution is -0.118. The molecule has 9 heteroatoms. The Balaban J connectivity index is 1.73. The Morgan fingerprint density at radius 3 is 2.56 bits per heavy atom. The summed E-state index contributed by atoms with van der Waals surface area (Å²) in [5, 5.41) is 15.1. The molecule has 0 unspecified atom stereocenters. The van der Waals surface area contributed by atoms with E-state index in [1.165, 1.54) is 36.4 Å². The molecule has 0 spiro atoms. The lowest BCUT2D eigenvalue weighted by Gasteiger charge is -2.15. The lowest BCUT2D eigenvalue weighted by atomic mass is 10.1. The maximum atomic E-state index is 13.0. The van der Waals surface area contributed by atoms with Crippen molar-refractivity contribution >= 4 is 35.2 Å². The molecule has 1 aliphatic carbocycles. The van der Waals surface area contributed by atoms with Gasteiger partial charge in [0.05, 0.1) is 11.6 Å². The SMILES string of the molecule is CCOc1cc(/C=C(/C#N)C(=O)NC2CCCC2)cc(Cl)c1OCC(=O)Nc1ccc(F)cc1. The molecule has 178 valence electrons. The number of nitrogens with zero attached hydrogens (tertiary/aromatic N) is 1. The smallest absolute Gasteiger partial charge is 0.262 e. The molecule has 0 atom stereocenters. The zero-order valence-electron chi connectivity index (χ0n) is 18.7. The van der Waals surface area contributed by atoms with E-state index >= 15 is 0 Å². The number of amides is 2. The van der Waals surface area contributed by atoms with Crippen LogP contribution in [0.5, 0.6) is 11.5 Å². The van der Waals surface area contributed by atoms with Crippen molar-refractivity contribution in [1.29, 1.82) is 5.26 Å². The number of benzene rings is 2. The number of halogens is 2. The van der Waals surface area contributed by atoms with Gasteiger partial charge in [-0.15, -0.1) is 0 Å². The third-order valence-corrected chi connectivity index (χ3v) is 5.45. The quantitative estimate of drug-likeness (QED) is 0.390. The van der Waals surface area contributed by atoms with E-state index in [2.05, 4.69) is 10.6 Å². The lowest BCUT2D eigenvalue weighted by Crippen LogP contribution is -2.33. The number of nitriles is 1. The van der Waals surface area contributed by atoms with Crippen LogP contribution in [0.1, 0.15) is 38.2 Å². The van der Waals surface area contributed by atoms with Crippen LogP contribution in [0.3, 0.4) is 0 Å².